The van der Waals surface area contributed by atoms with E-state index in [9.17, 15) is 0 Å². The van der Waals surface area contributed by atoms with Crippen LogP contribution in [0.4, 0.5) is 0 Å². The monoisotopic (exact) mass is 262 g/mol. The topological polar surface area (TPSA) is 9.23 Å². The SMILES string of the molecule is COc1ccc(Sc2ccccc2SC)cc1. The molecule has 0 N–H and O–H groups in total. The molecule has 0 aromatic heterocycles. The molecule has 2 aromatic carbocycles. The molecule has 1 nitrogen and oxygen atoms in total. The molecule has 0 aliphatic rings. The summed E-state index contributed by atoms with van der Waals surface area (Å²) >= 11 is 3.56. The van der Waals surface area contributed by atoms with Crippen LogP contribution in [0.2, 0.25) is 0 Å². The first-order valence-electron chi connectivity index (χ1n) is 5.28. The minimum atomic E-state index is 0.896. The highest BCUT2D eigenvalue weighted by Gasteiger charge is 2.02. The lowest BCUT2D eigenvalue weighted by Crippen LogP contribution is -1.82. The van der Waals surface area contributed by atoms with Gasteiger partial charge in [0, 0.05) is 14.7 Å². The van der Waals surface area contributed by atoms with E-state index in [4.69, 9.17) is 4.74 Å². The maximum Gasteiger partial charge on any atom is 0.118 e. The van der Waals surface area contributed by atoms with Gasteiger partial charge in [0.15, 0.2) is 0 Å². The van der Waals surface area contributed by atoms with Crippen molar-refractivity contribution in [2.45, 2.75) is 14.7 Å². The Hall–Kier alpha value is -1.06. The summed E-state index contributed by atoms with van der Waals surface area (Å²) in [6.45, 7) is 0. The van der Waals surface area contributed by atoms with Crippen LogP contribution in [-0.4, -0.2) is 13.4 Å². The Bertz CT molecular complexity index is 480. The second-order valence-corrected chi connectivity index (χ2v) is 5.39. The third kappa shape index (κ3) is 3.20. The van der Waals surface area contributed by atoms with Crippen molar-refractivity contribution in [3.05, 3.63) is 48.5 Å². The zero-order valence-electron chi connectivity index (χ0n) is 9.84. The van der Waals surface area contributed by atoms with Crippen molar-refractivity contribution in [1.29, 1.82) is 0 Å². The summed E-state index contributed by atoms with van der Waals surface area (Å²) in [7, 11) is 1.69. The molecule has 3 heteroatoms. The summed E-state index contributed by atoms with van der Waals surface area (Å²) in [5.41, 5.74) is 0. The summed E-state index contributed by atoms with van der Waals surface area (Å²) in [5, 5.41) is 0. The van der Waals surface area contributed by atoms with Crippen LogP contribution in [0.25, 0.3) is 0 Å². The number of hydrogen-bond donors (Lipinski definition) is 0. The smallest absolute Gasteiger partial charge is 0.118 e. The van der Waals surface area contributed by atoms with Gasteiger partial charge in [0.05, 0.1) is 7.11 Å². The van der Waals surface area contributed by atoms with Gasteiger partial charge < -0.3 is 4.74 Å². The zero-order chi connectivity index (χ0) is 12.1. The summed E-state index contributed by atoms with van der Waals surface area (Å²) in [4.78, 5) is 3.84. The van der Waals surface area contributed by atoms with Crippen molar-refractivity contribution in [3.8, 4) is 5.75 Å². The number of benzene rings is 2. The summed E-state index contributed by atoms with van der Waals surface area (Å²) in [5.74, 6) is 0.896. The van der Waals surface area contributed by atoms with E-state index in [1.165, 1.54) is 14.7 Å². The molecule has 17 heavy (non-hydrogen) atoms. The summed E-state index contributed by atoms with van der Waals surface area (Å²) < 4.78 is 5.15. The Morgan fingerprint density at radius 2 is 1.53 bits per heavy atom. The highest BCUT2D eigenvalue weighted by molar-refractivity contribution is 8.02. The predicted octanol–water partition coefficient (Wildman–Crippen LogP) is 4.57. The van der Waals surface area contributed by atoms with E-state index in [0.717, 1.165) is 5.75 Å². The fraction of sp³-hybridized carbons (Fsp3) is 0.143. The van der Waals surface area contributed by atoms with E-state index in [1.807, 2.05) is 12.1 Å². The molecule has 0 heterocycles. The molecule has 0 atom stereocenters. The average Bonchev–Trinajstić information content (AvgIpc) is 2.40. The van der Waals surface area contributed by atoms with Gasteiger partial charge in [-0.05, 0) is 42.7 Å². The van der Waals surface area contributed by atoms with Crippen LogP contribution in [-0.2, 0) is 0 Å². The Labute approximate surface area is 111 Å². The van der Waals surface area contributed by atoms with E-state index >= 15 is 0 Å². The second kappa shape index (κ2) is 6.03. The molecule has 0 radical (unpaired) electrons. The molecular formula is C14H14OS2. The lowest BCUT2D eigenvalue weighted by atomic mass is 10.3. The van der Waals surface area contributed by atoms with Gasteiger partial charge >= 0.3 is 0 Å². The van der Waals surface area contributed by atoms with Crippen LogP contribution >= 0.6 is 23.5 Å². The van der Waals surface area contributed by atoms with Crippen LogP contribution in [0.5, 0.6) is 5.75 Å². The normalized spacial score (nSPS) is 10.2. The number of thioether (sulfide) groups is 1. The molecule has 0 aliphatic heterocycles. The van der Waals surface area contributed by atoms with Crippen molar-refractivity contribution in [2.75, 3.05) is 13.4 Å². The van der Waals surface area contributed by atoms with E-state index in [-0.39, 0.29) is 0 Å². The van der Waals surface area contributed by atoms with Gasteiger partial charge in [-0.25, -0.2) is 0 Å². The van der Waals surface area contributed by atoms with Gasteiger partial charge in [-0.15, -0.1) is 11.8 Å². The summed E-state index contributed by atoms with van der Waals surface area (Å²) in [6.07, 6.45) is 2.10. The van der Waals surface area contributed by atoms with Crippen LogP contribution in [0, 0.1) is 0 Å². The molecule has 0 saturated heterocycles. The highest BCUT2D eigenvalue weighted by Crippen LogP contribution is 2.35. The van der Waals surface area contributed by atoms with E-state index in [1.54, 1.807) is 30.6 Å². The van der Waals surface area contributed by atoms with Crippen molar-refractivity contribution in [1.82, 2.24) is 0 Å². The fourth-order valence-electron chi connectivity index (χ4n) is 1.47. The number of ether oxygens (including phenoxy) is 1. The molecule has 0 amide bonds. The van der Waals surface area contributed by atoms with Crippen molar-refractivity contribution in [3.63, 3.8) is 0 Å². The standard InChI is InChI=1S/C14H14OS2/c1-15-11-7-9-12(10-8-11)17-14-6-4-3-5-13(14)16-2/h3-10H,1-2H3. The van der Waals surface area contributed by atoms with Crippen LogP contribution in [0.1, 0.15) is 0 Å². The number of methoxy groups -OCH3 is 1. The predicted molar refractivity (Wildman–Crippen MR) is 75.3 cm³/mol. The van der Waals surface area contributed by atoms with E-state index in [2.05, 4.69) is 42.7 Å². The number of rotatable bonds is 4. The first-order valence-corrected chi connectivity index (χ1v) is 7.32. The van der Waals surface area contributed by atoms with Gasteiger partial charge in [0.25, 0.3) is 0 Å². The molecule has 0 bridgehead atoms. The molecular weight excluding hydrogens is 248 g/mol. The first kappa shape index (κ1) is 12.4. The van der Waals surface area contributed by atoms with Crippen molar-refractivity contribution >= 4 is 23.5 Å². The molecule has 0 fully saturated rings. The third-order valence-electron chi connectivity index (χ3n) is 2.36. The van der Waals surface area contributed by atoms with Crippen LogP contribution in [0.15, 0.2) is 63.2 Å². The van der Waals surface area contributed by atoms with Crippen molar-refractivity contribution < 1.29 is 4.74 Å². The van der Waals surface area contributed by atoms with Crippen LogP contribution in [0.3, 0.4) is 0 Å². The average molecular weight is 262 g/mol. The lowest BCUT2D eigenvalue weighted by molar-refractivity contribution is 0.414. The Morgan fingerprint density at radius 1 is 0.882 bits per heavy atom. The molecule has 0 aliphatic carbocycles. The first-order chi connectivity index (χ1) is 8.33. The summed E-state index contributed by atoms with van der Waals surface area (Å²) in [6, 6.07) is 16.6. The number of hydrogen-bond acceptors (Lipinski definition) is 3. The molecule has 88 valence electrons. The minimum absolute atomic E-state index is 0.896. The Morgan fingerprint density at radius 3 is 2.12 bits per heavy atom. The molecule has 2 aromatic rings. The third-order valence-corrected chi connectivity index (χ3v) is 4.37. The molecule has 2 rings (SSSR count). The van der Waals surface area contributed by atoms with Gasteiger partial charge in [-0.2, -0.15) is 0 Å². The van der Waals surface area contributed by atoms with E-state index < -0.39 is 0 Å². The highest BCUT2D eigenvalue weighted by atomic mass is 32.2. The maximum absolute atomic E-state index is 5.15. The zero-order valence-corrected chi connectivity index (χ0v) is 11.5. The Balaban J connectivity index is 2.19. The van der Waals surface area contributed by atoms with Gasteiger partial charge in [-0.3, -0.25) is 0 Å². The van der Waals surface area contributed by atoms with E-state index in [0.29, 0.717) is 0 Å². The van der Waals surface area contributed by atoms with Gasteiger partial charge in [0.2, 0.25) is 0 Å². The maximum atomic E-state index is 5.15. The second-order valence-electron chi connectivity index (χ2n) is 3.43. The molecule has 0 unspecified atom stereocenters. The fourth-order valence-corrected chi connectivity index (χ4v) is 3.17. The van der Waals surface area contributed by atoms with Gasteiger partial charge in [0.1, 0.15) is 5.75 Å². The van der Waals surface area contributed by atoms with Crippen LogP contribution < -0.4 is 4.74 Å². The quantitative estimate of drug-likeness (QED) is 0.747. The lowest BCUT2D eigenvalue weighted by Gasteiger charge is -2.07. The van der Waals surface area contributed by atoms with Gasteiger partial charge in [-0.1, -0.05) is 23.9 Å². The molecule has 0 saturated carbocycles. The minimum Gasteiger partial charge on any atom is -0.497 e. The Kier molecular flexibility index (Phi) is 4.40. The molecule has 0 spiro atoms. The van der Waals surface area contributed by atoms with Crippen molar-refractivity contribution in [2.24, 2.45) is 0 Å². The largest absolute Gasteiger partial charge is 0.497 e.